The van der Waals surface area contributed by atoms with E-state index in [4.69, 9.17) is 14.2 Å². The van der Waals surface area contributed by atoms with Crippen LogP contribution in [0.2, 0.25) is 0 Å². The van der Waals surface area contributed by atoms with Gasteiger partial charge in [-0.15, -0.1) is 0 Å². The van der Waals surface area contributed by atoms with Crippen molar-refractivity contribution in [2.24, 2.45) is 11.8 Å². The number of ether oxygens (including phenoxy) is 3. The van der Waals surface area contributed by atoms with Crippen LogP contribution in [0, 0.1) is 11.8 Å². The lowest BCUT2D eigenvalue weighted by Crippen LogP contribution is -2.60. The van der Waals surface area contributed by atoms with Crippen molar-refractivity contribution in [2.75, 3.05) is 6.61 Å². The van der Waals surface area contributed by atoms with Gasteiger partial charge in [-0.25, -0.2) is 0 Å². The molecule has 2 aliphatic heterocycles. The van der Waals surface area contributed by atoms with Gasteiger partial charge in [0.1, 0.15) is 24.4 Å². The Labute approximate surface area is 179 Å². The van der Waals surface area contributed by atoms with Crippen molar-refractivity contribution < 1.29 is 55.1 Å². The summed E-state index contributed by atoms with van der Waals surface area (Å²) in [5.41, 5.74) is 0. The number of aliphatic hydroxyl groups excluding tert-OH is 8. The molecule has 0 spiro atoms. The quantitative estimate of drug-likeness (QED) is 0.214. The lowest BCUT2D eigenvalue weighted by molar-refractivity contribution is -0.314. The highest BCUT2D eigenvalue weighted by Crippen LogP contribution is 2.43. The fourth-order valence-corrected chi connectivity index (χ4v) is 5.54. The fraction of sp³-hybridized carbons (Fsp3) is 1.00. The summed E-state index contributed by atoms with van der Waals surface area (Å²) in [5.74, 6) is -0.725. The third-order valence-electron chi connectivity index (χ3n) is 7.30. The molecule has 8 N–H and O–H groups in total. The molecule has 2 saturated carbocycles. The second-order valence-electron chi connectivity index (χ2n) is 9.51. The highest BCUT2D eigenvalue weighted by Gasteiger charge is 2.51. The Balaban J connectivity index is 1.54. The maximum atomic E-state index is 10.5. The molecule has 0 aromatic rings. The summed E-state index contributed by atoms with van der Waals surface area (Å²) in [7, 11) is 0. The molecular weight excluding hydrogens is 416 g/mol. The smallest absolute Gasteiger partial charge is 0.186 e. The van der Waals surface area contributed by atoms with Crippen molar-refractivity contribution in [2.45, 2.75) is 106 Å². The molecule has 31 heavy (non-hydrogen) atoms. The minimum atomic E-state index is -1.50. The van der Waals surface area contributed by atoms with E-state index in [0.29, 0.717) is 12.8 Å². The van der Waals surface area contributed by atoms with E-state index in [1.54, 1.807) is 0 Å². The van der Waals surface area contributed by atoms with Crippen LogP contribution in [0.3, 0.4) is 0 Å². The molecule has 4 fully saturated rings. The molecule has 0 radical (unpaired) electrons. The SMILES string of the molecule is OC1CC(O)C2CC(O[C@H]3OC[C@H](O)[C@H](O)[C@H]3O)C(C3CC(O)C(O)C(O)C3)OC2C1. The Morgan fingerprint density at radius 3 is 2.00 bits per heavy atom. The monoisotopic (exact) mass is 450 g/mol. The van der Waals surface area contributed by atoms with E-state index in [2.05, 4.69) is 0 Å². The highest BCUT2D eigenvalue weighted by atomic mass is 16.7. The Bertz CT molecular complexity index is 596. The van der Waals surface area contributed by atoms with Gasteiger partial charge in [-0.2, -0.15) is 0 Å². The molecule has 11 nitrogen and oxygen atoms in total. The minimum absolute atomic E-state index is 0.153. The molecule has 4 rings (SSSR count). The molecule has 0 aromatic carbocycles. The summed E-state index contributed by atoms with van der Waals surface area (Å²) in [4.78, 5) is 0. The molecular formula is C20H34O11. The van der Waals surface area contributed by atoms with Crippen molar-refractivity contribution in [3.63, 3.8) is 0 Å². The summed E-state index contributed by atoms with van der Waals surface area (Å²) in [5, 5.41) is 80.7. The molecule has 8 unspecified atom stereocenters. The van der Waals surface area contributed by atoms with Crippen LogP contribution >= 0.6 is 0 Å². The molecule has 12 atom stereocenters. The first-order chi connectivity index (χ1) is 14.7. The van der Waals surface area contributed by atoms with Crippen molar-refractivity contribution >= 4 is 0 Å². The van der Waals surface area contributed by atoms with E-state index in [1.165, 1.54) is 0 Å². The maximum Gasteiger partial charge on any atom is 0.186 e. The first-order valence-corrected chi connectivity index (χ1v) is 11.0. The summed E-state index contributed by atoms with van der Waals surface area (Å²) < 4.78 is 17.6. The van der Waals surface area contributed by atoms with Gasteiger partial charge >= 0.3 is 0 Å². The number of fused-ring (bicyclic) bond motifs is 1. The van der Waals surface area contributed by atoms with Gasteiger partial charge in [0.25, 0.3) is 0 Å². The normalized spacial score (nSPS) is 56.1. The number of rotatable bonds is 3. The molecule has 4 aliphatic rings. The maximum absolute atomic E-state index is 10.5. The lowest BCUT2D eigenvalue weighted by atomic mass is 9.72. The van der Waals surface area contributed by atoms with Crippen molar-refractivity contribution in [3.05, 3.63) is 0 Å². The molecule has 2 heterocycles. The average Bonchev–Trinajstić information content (AvgIpc) is 2.72. The average molecular weight is 450 g/mol. The van der Waals surface area contributed by atoms with Gasteiger partial charge < -0.3 is 55.1 Å². The molecule has 180 valence electrons. The largest absolute Gasteiger partial charge is 0.393 e. The van der Waals surface area contributed by atoms with Crippen LogP contribution in [0.1, 0.15) is 32.1 Å². The predicted octanol–water partition coefficient (Wildman–Crippen LogP) is -3.41. The van der Waals surface area contributed by atoms with E-state index in [-0.39, 0.29) is 31.8 Å². The van der Waals surface area contributed by atoms with Crippen LogP contribution in [0.5, 0.6) is 0 Å². The second-order valence-corrected chi connectivity index (χ2v) is 9.51. The molecule has 0 aromatic heterocycles. The minimum Gasteiger partial charge on any atom is -0.393 e. The standard InChI is InChI=1S/C20H34O11/c21-8-3-10(22)9-5-15(31-20-18(28)17(27)13(25)6-29-20)19(30-14(9)4-8)7-1-11(23)16(26)12(24)2-7/h7-28H,1-6H2/t7?,8?,9?,10?,11?,12?,13-,14?,15?,16?,17-,18+,19?,20+/m0/s1. The zero-order valence-corrected chi connectivity index (χ0v) is 17.1. The van der Waals surface area contributed by atoms with Crippen molar-refractivity contribution in [1.82, 2.24) is 0 Å². The van der Waals surface area contributed by atoms with E-state index >= 15 is 0 Å². The molecule has 0 amide bonds. The summed E-state index contributed by atoms with van der Waals surface area (Å²) in [6.45, 7) is -0.227. The second kappa shape index (κ2) is 9.43. The number of hydrogen-bond donors (Lipinski definition) is 8. The fourth-order valence-electron chi connectivity index (χ4n) is 5.54. The molecule has 11 heteroatoms. The predicted molar refractivity (Wildman–Crippen MR) is 101 cm³/mol. The summed E-state index contributed by atoms with van der Waals surface area (Å²) in [6, 6.07) is 0. The van der Waals surface area contributed by atoms with E-state index in [0.717, 1.165) is 0 Å². The zero-order valence-electron chi connectivity index (χ0n) is 17.1. The van der Waals surface area contributed by atoms with Crippen LogP contribution in [0.15, 0.2) is 0 Å². The number of hydrogen-bond acceptors (Lipinski definition) is 11. The van der Waals surface area contributed by atoms with Gasteiger partial charge in [-0.05, 0) is 38.0 Å². The Morgan fingerprint density at radius 2 is 1.32 bits per heavy atom. The van der Waals surface area contributed by atoms with Gasteiger partial charge in [0.2, 0.25) is 0 Å². The van der Waals surface area contributed by atoms with Crippen molar-refractivity contribution in [3.8, 4) is 0 Å². The third kappa shape index (κ3) is 4.78. The van der Waals surface area contributed by atoms with Gasteiger partial charge in [0, 0.05) is 5.92 Å². The van der Waals surface area contributed by atoms with E-state index < -0.39 is 79.4 Å². The first-order valence-electron chi connectivity index (χ1n) is 11.0. The van der Waals surface area contributed by atoms with Gasteiger partial charge in [0.05, 0.1) is 49.3 Å². The Morgan fingerprint density at radius 1 is 0.645 bits per heavy atom. The van der Waals surface area contributed by atoms with Crippen molar-refractivity contribution in [1.29, 1.82) is 0 Å². The van der Waals surface area contributed by atoms with Gasteiger partial charge in [-0.3, -0.25) is 0 Å². The van der Waals surface area contributed by atoms with Crippen LogP contribution < -0.4 is 0 Å². The number of aliphatic hydroxyl groups is 8. The van der Waals surface area contributed by atoms with Gasteiger partial charge in [0.15, 0.2) is 6.29 Å². The van der Waals surface area contributed by atoms with E-state index in [1.807, 2.05) is 0 Å². The zero-order chi connectivity index (χ0) is 22.4. The first kappa shape index (κ1) is 23.7. The third-order valence-corrected chi connectivity index (χ3v) is 7.30. The van der Waals surface area contributed by atoms with E-state index in [9.17, 15) is 40.9 Å². The summed E-state index contributed by atoms with van der Waals surface area (Å²) >= 11 is 0. The topological polar surface area (TPSA) is 190 Å². The van der Waals surface area contributed by atoms with Gasteiger partial charge in [-0.1, -0.05) is 0 Å². The Kier molecular flexibility index (Phi) is 7.21. The highest BCUT2D eigenvalue weighted by molar-refractivity contribution is 4.99. The lowest BCUT2D eigenvalue weighted by Gasteiger charge is -2.51. The van der Waals surface area contributed by atoms with Crippen LogP contribution in [0.25, 0.3) is 0 Å². The molecule has 0 bridgehead atoms. The van der Waals surface area contributed by atoms with Crippen LogP contribution in [-0.2, 0) is 14.2 Å². The van der Waals surface area contributed by atoms with Crippen LogP contribution in [0.4, 0.5) is 0 Å². The molecule has 2 saturated heterocycles. The Hall–Kier alpha value is -0.440. The molecule has 2 aliphatic carbocycles. The van der Waals surface area contributed by atoms with Crippen LogP contribution in [-0.4, -0.2) is 121 Å². The summed E-state index contributed by atoms with van der Waals surface area (Å²) in [6.07, 6.45) is -11.2.